The lowest BCUT2D eigenvalue weighted by atomic mass is 9.94. The van der Waals surface area contributed by atoms with Crippen LogP contribution in [0.25, 0.3) is 22.3 Å². The van der Waals surface area contributed by atoms with E-state index in [1.54, 1.807) is 23.4 Å². The third kappa shape index (κ3) is 4.51. The summed E-state index contributed by atoms with van der Waals surface area (Å²) >= 11 is 0. The number of alkyl halides is 1. The lowest BCUT2D eigenvalue weighted by molar-refractivity contribution is -0.00860. The number of aryl methyl sites for hydroxylation is 1. The summed E-state index contributed by atoms with van der Waals surface area (Å²) < 4.78 is 14.7. The highest BCUT2D eigenvalue weighted by atomic mass is 19.1. The van der Waals surface area contributed by atoms with Gasteiger partial charge in [0.2, 0.25) is 5.95 Å². The molecule has 11 heteroatoms. The third-order valence-electron chi connectivity index (χ3n) is 6.28. The average Bonchev–Trinajstić information content (AvgIpc) is 3.26. The summed E-state index contributed by atoms with van der Waals surface area (Å²) in [6.45, 7) is 7.99. The van der Waals surface area contributed by atoms with Crippen LogP contribution >= 0.6 is 0 Å². The highest BCUT2D eigenvalue weighted by Gasteiger charge is 2.39. The van der Waals surface area contributed by atoms with Crippen LogP contribution in [0.15, 0.2) is 30.7 Å². The number of anilines is 3. The number of halogens is 1. The second-order valence-corrected chi connectivity index (χ2v) is 9.45. The number of hydrogen-bond acceptors (Lipinski definition) is 9. The predicted molar refractivity (Wildman–Crippen MR) is 131 cm³/mol. The van der Waals surface area contributed by atoms with Gasteiger partial charge in [0.05, 0.1) is 12.6 Å². The fraction of sp³-hybridized carbons (Fsp3) is 0.417. The zero-order valence-electron chi connectivity index (χ0n) is 20.1. The van der Waals surface area contributed by atoms with Gasteiger partial charge in [-0.15, -0.1) is 0 Å². The van der Waals surface area contributed by atoms with Gasteiger partial charge < -0.3 is 15.3 Å². The van der Waals surface area contributed by atoms with E-state index in [0.717, 1.165) is 16.3 Å². The van der Waals surface area contributed by atoms with Crippen molar-refractivity contribution in [3.05, 3.63) is 42.1 Å². The Morgan fingerprint density at radius 2 is 2.00 bits per heavy atom. The number of aliphatic hydroxyl groups excluding tert-OH is 1. The molecule has 0 spiro atoms. The van der Waals surface area contributed by atoms with E-state index in [1.165, 1.54) is 6.92 Å². The number of aliphatic hydroxyl groups is 1. The molecule has 0 saturated carbocycles. The van der Waals surface area contributed by atoms with Crippen molar-refractivity contribution in [3.8, 4) is 11.5 Å². The van der Waals surface area contributed by atoms with Crippen molar-refractivity contribution in [3.63, 3.8) is 0 Å². The molecule has 182 valence electrons. The monoisotopic (exact) mass is 477 g/mol. The Bertz CT molecular complexity index is 1370. The molecule has 1 aliphatic rings. The van der Waals surface area contributed by atoms with Gasteiger partial charge in [-0.3, -0.25) is 10.1 Å². The molecule has 4 aromatic heterocycles. The van der Waals surface area contributed by atoms with Gasteiger partial charge in [0, 0.05) is 30.5 Å². The molecule has 35 heavy (non-hydrogen) atoms. The summed E-state index contributed by atoms with van der Waals surface area (Å²) in [5, 5.41) is 22.1. The Labute approximate surface area is 202 Å². The number of piperidine rings is 1. The van der Waals surface area contributed by atoms with Gasteiger partial charge in [-0.1, -0.05) is 13.8 Å². The quantitative estimate of drug-likeness (QED) is 0.394. The molecule has 3 N–H and O–H groups in total. The number of fused-ring (bicyclic) bond motifs is 1. The van der Waals surface area contributed by atoms with Crippen molar-refractivity contribution in [2.45, 2.75) is 51.8 Å². The first-order valence-corrected chi connectivity index (χ1v) is 11.6. The molecule has 5 heterocycles. The Hall–Kier alpha value is -3.73. The summed E-state index contributed by atoms with van der Waals surface area (Å²) in [5.74, 6) is 3.04. The lowest BCUT2D eigenvalue weighted by Crippen LogP contribution is -2.52. The molecular weight excluding hydrogens is 449 g/mol. The number of rotatable bonds is 5. The summed E-state index contributed by atoms with van der Waals surface area (Å²) in [6, 6.07) is 3.70. The molecule has 4 aromatic rings. The van der Waals surface area contributed by atoms with Crippen LogP contribution < -0.4 is 10.2 Å². The number of nitrogens with zero attached hydrogens (tertiary/aromatic N) is 7. The van der Waals surface area contributed by atoms with Crippen LogP contribution in [0.3, 0.4) is 0 Å². The first-order valence-electron chi connectivity index (χ1n) is 11.6. The molecule has 1 aliphatic heterocycles. The van der Waals surface area contributed by atoms with Crippen LogP contribution in [-0.4, -0.2) is 65.1 Å². The molecule has 0 aliphatic carbocycles. The van der Waals surface area contributed by atoms with Crippen molar-refractivity contribution in [1.82, 2.24) is 35.1 Å². The van der Waals surface area contributed by atoms with Crippen molar-refractivity contribution in [2.75, 3.05) is 23.3 Å². The van der Waals surface area contributed by atoms with Crippen LogP contribution in [0.1, 0.15) is 44.5 Å². The molecule has 0 unspecified atom stereocenters. The van der Waals surface area contributed by atoms with Gasteiger partial charge in [-0.05, 0) is 49.3 Å². The largest absolute Gasteiger partial charge is 0.390 e. The standard InChI is InChI=1S/C24H28FN9O/c1-13(2)16-10-28-21(22-29-14(3)32-33-22)17-11-27-20(9-15(16)17)30-19-5-7-26-23(31-19)34-8-6-18(35)24(4,25)12-34/h5,7,9-11,13,18,35H,6,8,12H2,1-4H3,(H,29,32,33)(H,26,27,30,31)/t18-,24+/m1/s1. The molecule has 0 bridgehead atoms. The maximum Gasteiger partial charge on any atom is 0.227 e. The first kappa shape index (κ1) is 23.0. The van der Waals surface area contributed by atoms with E-state index >= 15 is 0 Å². The number of pyridine rings is 2. The van der Waals surface area contributed by atoms with E-state index in [2.05, 4.69) is 54.3 Å². The van der Waals surface area contributed by atoms with Gasteiger partial charge in [0.25, 0.3) is 0 Å². The van der Waals surface area contributed by atoms with Crippen LogP contribution in [-0.2, 0) is 0 Å². The van der Waals surface area contributed by atoms with Crippen molar-refractivity contribution < 1.29 is 9.50 Å². The van der Waals surface area contributed by atoms with Gasteiger partial charge in [0.15, 0.2) is 11.5 Å². The Morgan fingerprint density at radius 1 is 1.17 bits per heavy atom. The van der Waals surface area contributed by atoms with E-state index in [1.807, 2.05) is 19.2 Å². The Morgan fingerprint density at radius 3 is 2.71 bits per heavy atom. The number of nitrogens with one attached hydrogen (secondary N) is 2. The van der Waals surface area contributed by atoms with E-state index in [-0.39, 0.29) is 12.5 Å². The summed E-state index contributed by atoms with van der Waals surface area (Å²) in [6.07, 6.45) is 4.58. The molecule has 0 aromatic carbocycles. The SMILES string of the molecule is Cc1nc(-c2ncc(C(C)C)c3cc(Nc4ccnc(N5CC[C@@H](O)[C@@](C)(F)C5)n4)ncc23)n[nH]1. The fourth-order valence-corrected chi connectivity index (χ4v) is 4.32. The second-order valence-electron chi connectivity index (χ2n) is 9.45. The molecule has 1 fully saturated rings. The van der Waals surface area contributed by atoms with E-state index < -0.39 is 11.8 Å². The van der Waals surface area contributed by atoms with Crippen LogP contribution in [0, 0.1) is 6.92 Å². The highest BCUT2D eigenvalue weighted by Crippen LogP contribution is 2.32. The van der Waals surface area contributed by atoms with Crippen LogP contribution in [0.5, 0.6) is 0 Å². The normalized spacial score (nSPS) is 20.5. The molecular formula is C24H28FN9O. The number of H-pyrrole nitrogens is 1. The summed E-state index contributed by atoms with van der Waals surface area (Å²) in [4.78, 5) is 24.3. The molecule has 2 atom stereocenters. The number of hydrogen-bond donors (Lipinski definition) is 3. The molecule has 0 radical (unpaired) electrons. The van der Waals surface area contributed by atoms with Gasteiger partial charge in [-0.25, -0.2) is 19.3 Å². The van der Waals surface area contributed by atoms with Crippen molar-refractivity contribution in [2.24, 2.45) is 0 Å². The zero-order chi connectivity index (χ0) is 24.7. The zero-order valence-corrected chi connectivity index (χ0v) is 20.1. The van der Waals surface area contributed by atoms with Gasteiger partial charge >= 0.3 is 0 Å². The fourth-order valence-electron chi connectivity index (χ4n) is 4.32. The maximum absolute atomic E-state index is 14.7. The molecule has 1 saturated heterocycles. The average molecular weight is 478 g/mol. The highest BCUT2D eigenvalue weighted by molar-refractivity contribution is 5.96. The van der Waals surface area contributed by atoms with E-state index in [9.17, 15) is 9.50 Å². The van der Waals surface area contributed by atoms with Crippen LogP contribution in [0.4, 0.5) is 22.0 Å². The molecule has 0 amide bonds. The van der Waals surface area contributed by atoms with Crippen LogP contribution in [0.2, 0.25) is 0 Å². The minimum Gasteiger partial charge on any atom is -0.390 e. The predicted octanol–water partition coefficient (Wildman–Crippen LogP) is 3.68. The minimum atomic E-state index is -1.72. The lowest BCUT2D eigenvalue weighted by Gasteiger charge is -2.38. The first-order chi connectivity index (χ1) is 16.7. The Balaban J connectivity index is 1.47. The molecule has 10 nitrogen and oxygen atoms in total. The number of aromatic amines is 1. The summed E-state index contributed by atoms with van der Waals surface area (Å²) in [7, 11) is 0. The van der Waals surface area contributed by atoms with E-state index in [0.29, 0.717) is 47.9 Å². The van der Waals surface area contributed by atoms with Gasteiger partial charge in [0.1, 0.15) is 23.2 Å². The third-order valence-corrected chi connectivity index (χ3v) is 6.28. The van der Waals surface area contributed by atoms with Gasteiger partial charge in [-0.2, -0.15) is 10.1 Å². The van der Waals surface area contributed by atoms with Crippen molar-refractivity contribution >= 4 is 28.4 Å². The maximum atomic E-state index is 14.7. The minimum absolute atomic E-state index is 0.0278. The smallest absolute Gasteiger partial charge is 0.227 e. The topological polar surface area (TPSA) is 129 Å². The second kappa shape index (κ2) is 8.81. The summed E-state index contributed by atoms with van der Waals surface area (Å²) in [5.41, 5.74) is 0.0312. The van der Waals surface area contributed by atoms with Crippen molar-refractivity contribution in [1.29, 1.82) is 0 Å². The molecule has 5 rings (SSSR count). The Kier molecular flexibility index (Phi) is 5.79. The number of aromatic nitrogens is 7. The van der Waals surface area contributed by atoms with E-state index in [4.69, 9.17) is 0 Å².